The monoisotopic (exact) mass is 886 g/mol. The molecule has 2 aliphatic rings. The number of aromatic nitrogens is 4. The lowest BCUT2D eigenvalue weighted by Gasteiger charge is -2.27. The molecule has 19 nitrogen and oxygen atoms in total. The van der Waals surface area contributed by atoms with E-state index in [2.05, 4.69) is 36.3 Å². The Morgan fingerprint density at radius 1 is 0.938 bits per heavy atom. The van der Waals surface area contributed by atoms with E-state index in [-0.39, 0.29) is 58.3 Å². The number of aryl methyl sites for hydroxylation is 1. The summed E-state index contributed by atoms with van der Waals surface area (Å²) in [4.78, 5) is 84.4. The Labute approximate surface area is 361 Å². The normalized spacial score (nSPS) is 15.0. The van der Waals surface area contributed by atoms with Crippen LogP contribution in [-0.2, 0) is 25.5 Å². The lowest BCUT2D eigenvalue weighted by atomic mass is 10.0. The second kappa shape index (κ2) is 19.7. The Kier molecular flexibility index (Phi) is 13.7. The van der Waals surface area contributed by atoms with Gasteiger partial charge in [0.25, 0.3) is 23.6 Å². The highest BCUT2D eigenvalue weighted by Crippen LogP contribution is 2.32. The molecule has 1 saturated heterocycles. The molecule has 5 heterocycles. The number of nitrogens with two attached hydrogens (primary N) is 1. The molecule has 6 amide bonds. The first-order chi connectivity index (χ1) is 30.8. The van der Waals surface area contributed by atoms with E-state index in [9.17, 15) is 41.9 Å². The van der Waals surface area contributed by atoms with Gasteiger partial charge >= 0.3 is 6.18 Å². The van der Waals surface area contributed by atoms with Crippen LogP contribution in [-0.4, -0.2) is 112 Å². The first kappa shape index (κ1) is 44.6. The fourth-order valence-electron chi connectivity index (χ4n) is 6.92. The van der Waals surface area contributed by atoms with Gasteiger partial charge in [-0.2, -0.15) is 18.3 Å². The van der Waals surface area contributed by atoms with Crippen molar-refractivity contribution >= 4 is 52.6 Å². The van der Waals surface area contributed by atoms with E-state index in [4.69, 9.17) is 19.6 Å². The molecule has 3 aromatic heterocycles. The number of hydrogen-bond acceptors (Lipinski definition) is 14. The van der Waals surface area contributed by atoms with Crippen molar-refractivity contribution in [3.8, 4) is 17.1 Å². The van der Waals surface area contributed by atoms with Gasteiger partial charge in [0.1, 0.15) is 24.7 Å². The molecule has 5 aromatic rings. The van der Waals surface area contributed by atoms with Crippen LogP contribution in [0, 0.1) is 0 Å². The van der Waals surface area contributed by atoms with Crippen molar-refractivity contribution < 1.29 is 55.8 Å². The molecule has 22 heteroatoms. The Bertz CT molecular complexity index is 2560. The number of alkyl halides is 3. The number of fused-ring (bicyclic) bond motifs is 1. The fraction of sp³-hybridized carbons (Fsp3) is 0.310. The number of carbonyl (C=O) groups is 6. The van der Waals surface area contributed by atoms with Crippen molar-refractivity contribution in [1.82, 2.24) is 30.0 Å². The van der Waals surface area contributed by atoms with Crippen LogP contribution in [0.2, 0.25) is 0 Å². The summed E-state index contributed by atoms with van der Waals surface area (Å²) in [6.07, 6.45) is 1.82. The lowest BCUT2D eigenvalue weighted by molar-refractivity contribution is -0.136. The maximum absolute atomic E-state index is 13.2. The number of carbonyl (C=O) groups excluding carboxylic acids is 6. The summed E-state index contributed by atoms with van der Waals surface area (Å²) < 4.78 is 56.0. The first-order valence-electron chi connectivity index (χ1n) is 20.0. The van der Waals surface area contributed by atoms with Gasteiger partial charge in [-0.3, -0.25) is 39.0 Å². The molecule has 1 unspecified atom stereocenters. The number of ether oxygens (including phenoxy) is 2. The van der Waals surface area contributed by atoms with E-state index in [0.717, 1.165) is 36.0 Å². The number of rotatable bonds is 20. The number of anilines is 3. The van der Waals surface area contributed by atoms with Crippen LogP contribution in [0.15, 0.2) is 77.7 Å². The Balaban J connectivity index is 0.802. The molecule has 1 atom stereocenters. The molecule has 64 heavy (non-hydrogen) atoms. The van der Waals surface area contributed by atoms with Crippen LogP contribution in [0.5, 0.6) is 0 Å². The van der Waals surface area contributed by atoms with Gasteiger partial charge in [-0.25, -0.2) is 14.6 Å². The largest absolute Gasteiger partial charge is 0.444 e. The van der Waals surface area contributed by atoms with E-state index in [0.29, 0.717) is 44.3 Å². The van der Waals surface area contributed by atoms with Crippen LogP contribution >= 0.6 is 0 Å². The number of amides is 6. The molecule has 6 N–H and O–H groups in total. The van der Waals surface area contributed by atoms with Crippen LogP contribution in [0.4, 0.5) is 30.4 Å². The molecule has 0 spiro atoms. The summed E-state index contributed by atoms with van der Waals surface area (Å²) in [7, 11) is 0. The number of benzene rings is 2. The number of nitrogens with zero attached hydrogens (tertiary/aromatic N) is 5. The molecule has 0 aliphatic carbocycles. The number of piperidine rings is 1. The molecule has 0 bridgehead atoms. The Hall–Kier alpha value is -7.46. The first-order valence-corrected chi connectivity index (χ1v) is 20.0. The van der Waals surface area contributed by atoms with Gasteiger partial charge < -0.3 is 35.6 Å². The van der Waals surface area contributed by atoms with Gasteiger partial charge in [0.15, 0.2) is 11.4 Å². The van der Waals surface area contributed by atoms with Crippen molar-refractivity contribution in [2.45, 2.75) is 44.3 Å². The summed E-state index contributed by atoms with van der Waals surface area (Å²) in [5.74, 6) is -4.03. The van der Waals surface area contributed by atoms with Crippen LogP contribution in [0.25, 0.3) is 17.1 Å². The van der Waals surface area contributed by atoms with Crippen molar-refractivity contribution in [2.24, 2.45) is 5.73 Å². The topological polar surface area (TPSA) is 255 Å². The minimum absolute atomic E-state index is 0.0174. The smallest absolute Gasteiger partial charge is 0.405 e. The van der Waals surface area contributed by atoms with Crippen molar-refractivity contribution in [1.29, 1.82) is 0 Å². The standard InChI is InChI=1S/C42H41F3N10O9/c43-42(44,45)23-49-32-20-25(13-14-48-32)39-51-30(22-64-39)37(58)50-29-21-54(53-35(29)36(46)57)26-9-7-24(8-10-26)4-1-2-16-62-18-19-63-17-15-47-28-6-3-5-27-34(28)41(61)55(40(27)60)31-11-12-33(56)52-38(31)59/h3,5-10,13-14,20-22,31,47H,1-2,4,11-12,15-19,23H2,(H2,46,57)(H,48,49)(H,50,58)(H,52,56,59). The fourth-order valence-corrected chi connectivity index (χ4v) is 6.92. The van der Waals surface area contributed by atoms with E-state index in [1.54, 1.807) is 24.3 Å². The van der Waals surface area contributed by atoms with Gasteiger partial charge in [-0.15, -0.1) is 0 Å². The molecule has 0 saturated carbocycles. The molecular formula is C42H41F3N10O9. The van der Waals surface area contributed by atoms with Gasteiger partial charge in [0.05, 0.1) is 48.5 Å². The summed E-state index contributed by atoms with van der Waals surface area (Å²) in [6.45, 7) is 0.611. The molecule has 1 fully saturated rings. The average molecular weight is 887 g/mol. The summed E-state index contributed by atoms with van der Waals surface area (Å²) in [5, 5.41) is 14.3. The second-order valence-corrected chi connectivity index (χ2v) is 14.5. The van der Waals surface area contributed by atoms with Gasteiger partial charge in [-0.1, -0.05) is 18.2 Å². The summed E-state index contributed by atoms with van der Waals surface area (Å²) in [5.41, 5.74) is 7.92. The molecule has 2 aliphatic heterocycles. The molecular weight excluding hydrogens is 846 g/mol. The number of primary amides is 1. The van der Waals surface area contributed by atoms with Gasteiger partial charge in [0, 0.05) is 37.0 Å². The zero-order chi connectivity index (χ0) is 45.4. The highest BCUT2D eigenvalue weighted by Gasteiger charge is 2.45. The summed E-state index contributed by atoms with van der Waals surface area (Å²) in [6, 6.07) is 14.0. The predicted molar refractivity (Wildman–Crippen MR) is 220 cm³/mol. The maximum atomic E-state index is 13.2. The molecule has 334 valence electrons. The highest BCUT2D eigenvalue weighted by molar-refractivity contribution is 6.25. The quantitative estimate of drug-likeness (QED) is 0.0545. The minimum Gasteiger partial charge on any atom is -0.444 e. The SMILES string of the molecule is NC(=O)c1nn(-c2ccc(CCCCOCCOCCNc3cccc4c3C(=O)N(C3CCC(=O)NC3=O)C4=O)cc2)cc1NC(=O)c1coc(-c2ccnc(NCC(F)(F)F)c2)n1. The number of hydrogen-bond donors (Lipinski definition) is 5. The predicted octanol–water partition coefficient (Wildman–Crippen LogP) is 4.12. The Morgan fingerprint density at radius 3 is 2.47 bits per heavy atom. The molecule has 2 aromatic carbocycles. The van der Waals surface area contributed by atoms with Crippen molar-refractivity contribution in [2.75, 3.05) is 55.5 Å². The number of halogens is 3. The maximum Gasteiger partial charge on any atom is 0.405 e. The summed E-state index contributed by atoms with van der Waals surface area (Å²) >= 11 is 0. The highest BCUT2D eigenvalue weighted by atomic mass is 19.4. The van der Waals surface area contributed by atoms with Crippen LogP contribution < -0.4 is 27.0 Å². The molecule has 0 radical (unpaired) electrons. The zero-order valence-electron chi connectivity index (χ0n) is 33.9. The van der Waals surface area contributed by atoms with E-state index in [1.165, 1.54) is 35.3 Å². The van der Waals surface area contributed by atoms with Crippen LogP contribution in [0.3, 0.4) is 0 Å². The number of imide groups is 2. The number of oxazole rings is 1. The number of pyridine rings is 1. The van der Waals surface area contributed by atoms with Gasteiger partial charge in [0.2, 0.25) is 17.7 Å². The number of unbranched alkanes of at least 4 members (excludes halogenated alkanes) is 1. The minimum atomic E-state index is -4.45. The van der Waals surface area contributed by atoms with Gasteiger partial charge in [-0.05, 0) is 67.6 Å². The van der Waals surface area contributed by atoms with Crippen molar-refractivity contribution in [3.63, 3.8) is 0 Å². The third-order valence-corrected chi connectivity index (χ3v) is 10.0. The van der Waals surface area contributed by atoms with Crippen molar-refractivity contribution in [3.05, 3.63) is 101 Å². The van der Waals surface area contributed by atoms with E-state index < -0.39 is 54.2 Å². The average Bonchev–Trinajstić information content (AvgIpc) is 4.00. The lowest BCUT2D eigenvalue weighted by Crippen LogP contribution is -2.54. The molecule has 7 rings (SSSR count). The van der Waals surface area contributed by atoms with E-state index in [1.807, 2.05) is 12.1 Å². The number of nitrogens with one attached hydrogen (secondary N) is 4. The third kappa shape index (κ3) is 10.8. The third-order valence-electron chi connectivity index (χ3n) is 10.0. The second-order valence-electron chi connectivity index (χ2n) is 14.5. The van der Waals surface area contributed by atoms with E-state index >= 15 is 0 Å². The van der Waals surface area contributed by atoms with Crippen LogP contribution in [0.1, 0.15) is 72.9 Å². The Morgan fingerprint density at radius 2 is 1.72 bits per heavy atom. The zero-order valence-corrected chi connectivity index (χ0v) is 33.9.